The Morgan fingerprint density at radius 3 is 2.79 bits per heavy atom. The Labute approximate surface area is 167 Å². The Morgan fingerprint density at radius 2 is 2.07 bits per heavy atom. The van der Waals surface area contributed by atoms with Crippen molar-refractivity contribution in [1.29, 1.82) is 0 Å². The number of thiazole rings is 1. The molecule has 1 saturated heterocycles. The fourth-order valence-corrected chi connectivity index (χ4v) is 4.22. The molecule has 0 bridgehead atoms. The van der Waals surface area contributed by atoms with Crippen LogP contribution >= 0.6 is 11.3 Å². The quantitative estimate of drug-likeness (QED) is 0.655. The highest BCUT2D eigenvalue weighted by Crippen LogP contribution is 2.32. The second-order valence-corrected chi connectivity index (χ2v) is 7.71. The van der Waals surface area contributed by atoms with Crippen molar-refractivity contribution in [1.82, 2.24) is 20.1 Å². The number of likely N-dealkylation sites (tertiary alicyclic amines) is 1. The molecule has 7 nitrogen and oxygen atoms in total. The number of methoxy groups -OCH3 is 1. The summed E-state index contributed by atoms with van der Waals surface area (Å²) in [6, 6.07) is 7.65. The van der Waals surface area contributed by atoms with E-state index in [1.807, 2.05) is 36.1 Å². The third kappa shape index (κ3) is 3.77. The van der Waals surface area contributed by atoms with E-state index in [0.717, 1.165) is 34.7 Å². The number of amides is 1. The Kier molecular flexibility index (Phi) is 5.38. The first-order chi connectivity index (χ1) is 13.7. The van der Waals surface area contributed by atoms with Crippen LogP contribution in [-0.2, 0) is 11.2 Å². The number of ether oxygens (including phenoxy) is 1. The monoisotopic (exact) mass is 398 g/mol. The topological polar surface area (TPSA) is 81.4 Å². The van der Waals surface area contributed by atoms with Crippen molar-refractivity contribution in [2.75, 3.05) is 20.2 Å². The molecule has 3 heterocycles. The summed E-state index contributed by atoms with van der Waals surface area (Å²) in [4.78, 5) is 19.7. The van der Waals surface area contributed by atoms with Crippen LogP contribution in [0.5, 0.6) is 5.75 Å². The second kappa shape index (κ2) is 8.10. The van der Waals surface area contributed by atoms with Gasteiger partial charge in [-0.2, -0.15) is 0 Å². The van der Waals surface area contributed by atoms with Crippen LogP contribution in [0.1, 0.15) is 35.9 Å². The molecule has 0 N–H and O–H groups in total. The molecular formula is C20H22N4O3S. The van der Waals surface area contributed by atoms with Gasteiger partial charge in [-0.15, -0.1) is 21.5 Å². The number of aryl methyl sites for hydroxylation is 1. The summed E-state index contributed by atoms with van der Waals surface area (Å²) in [5.41, 5.74) is 3.59. The van der Waals surface area contributed by atoms with Crippen molar-refractivity contribution in [2.45, 2.75) is 32.1 Å². The van der Waals surface area contributed by atoms with Crippen molar-refractivity contribution in [3.8, 4) is 16.5 Å². The van der Waals surface area contributed by atoms with Gasteiger partial charge in [0, 0.05) is 24.6 Å². The zero-order chi connectivity index (χ0) is 19.5. The van der Waals surface area contributed by atoms with Crippen LogP contribution in [0.4, 0.5) is 0 Å². The lowest BCUT2D eigenvalue weighted by Gasteiger charge is -2.30. The number of carbonyl (C=O) groups is 1. The first-order valence-electron chi connectivity index (χ1n) is 9.29. The van der Waals surface area contributed by atoms with E-state index in [2.05, 4.69) is 15.2 Å². The molecule has 1 aliphatic heterocycles. The van der Waals surface area contributed by atoms with Crippen molar-refractivity contribution in [3.63, 3.8) is 0 Å². The smallest absolute Gasteiger partial charge is 0.259 e. The van der Waals surface area contributed by atoms with E-state index in [4.69, 9.17) is 9.15 Å². The molecule has 0 radical (unpaired) electrons. The molecule has 1 aliphatic rings. The third-order valence-corrected chi connectivity index (χ3v) is 6.03. The molecule has 28 heavy (non-hydrogen) atoms. The number of para-hydroxylation sites is 1. The lowest BCUT2D eigenvalue weighted by atomic mass is 9.96. The van der Waals surface area contributed by atoms with E-state index in [0.29, 0.717) is 31.3 Å². The summed E-state index contributed by atoms with van der Waals surface area (Å²) < 4.78 is 11.2. The van der Waals surface area contributed by atoms with Crippen LogP contribution in [-0.4, -0.2) is 46.2 Å². The van der Waals surface area contributed by atoms with Crippen LogP contribution in [0.25, 0.3) is 10.8 Å². The Bertz CT molecular complexity index is 960. The van der Waals surface area contributed by atoms with Gasteiger partial charge in [0.1, 0.15) is 10.6 Å². The average molecular weight is 398 g/mol. The molecule has 8 heteroatoms. The molecular weight excluding hydrogens is 376 g/mol. The average Bonchev–Trinajstić information content (AvgIpc) is 3.37. The van der Waals surface area contributed by atoms with E-state index >= 15 is 0 Å². The summed E-state index contributed by atoms with van der Waals surface area (Å²) in [6.45, 7) is 3.31. The predicted octanol–water partition coefficient (Wildman–Crippen LogP) is 3.46. The molecule has 1 fully saturated rings. The molecule has 146 valence electrons. The molecule has 0 spiro atoms. The summed E-state index contributed by atoms with van der Waals surface area (Å²) in [5, 5.41) is 8.42. The predicted molar refractivity (Wildman–Crippen MR) is 105 cm³/mol. The van der Waals surface area contributed by atoms with Gasteiger partial charge in [0.2, 0.25) is 11.8 Å². The lowest BCUT2D eigenvalue weighted by molar-refractivity contribution is -0.131. The summed E-state index contributed by atoms with van der Waals surface area (Å²) >= 11 is 1.50. The number of carbonyl (C=O) groups excluding carboxylic acids is 1. The van der Waals surface area contributed by atoms with Crippen LogP contribution in [0.2, 0.25) is 0 Å². The largest absolute Gasteiger partial charge is 0.496 e. The van der Waals surface area contributed by atoms with Crippen LogP contribution in [0, 0.1) is 6.92 Å². The number of nitrogens with zero attached hydrogens (tertiary/aromatic N) is 4. The number of aromatic nitrogens is 3. The first-order valence-corrected chi connectivity index (χ1v) is 10.2. The van der Waals surface area contributed by atoms with Crippen molar-refractivity contribution in [2.24, 2.45) is 0 Å². The van der Waals surface area contributed by atoms with Gasteiger partial charge >= 0.3 is 0 Å². The molecule has 1 amide bonds. The summed E-state index contributed by atoms with van der Waals surface area (Å²) in [5.74, 6) is 2.24. The highest BCUT2D eigenvalue weighted by atomic mass is 32.1. The number of benzene rings is 1. The number of rotatable bonds is 5. The maximum atomic E-state index is 12.7. The van der Waals surface area contributed by atoms with Gasteiger partial charge in [-0.3, -0.25) is 4.79 Å². The number of hydrogen-bond donors (Lipinski definition) is 0. The fraction of sp³-hybridized carbons (Fsp3) is 0.400. The normalized spacial score (nSPS) is 15.0. The van der Waals surface area contributed by atoms with E-state index in [-0.39, 0.29) is 11.8 Å². The fourth-order valence-electron chi connectivity index (χ4n) is 3.50. The highest BCUT2D eigenvalue weighted by Gasteiger charge is 2.28. The van der Waals surface area contributed by atoms with Crippen LogP contribution < -0.4 is 4.74 Å². The van der Waals surface area contributed by atoms with Gasteiger partial charge in [-0.05, 0) is 25.8 Å². The van der Waals surface area contributed by atoms with E-state index in [9.17, 15) is 4.79 Å². The zero-order valence-electron chi connectivity index (χ0n) is 15.9. The molecule has 2 aromatic heterocycles. The van der Waals surface area contributed by atoms with Crippen molar-refractivity contribution in [3.05, 3.63) is 46.9 Å². The number of hydrogen-bond acceptors (Lipinski definition) is 7. The molecule has 1 aromatic carbocycles. The summed E-state index contributed by atoms with van der Waals surface area (Å²) in [7, 11) is 1.63. The van der Waals surface area contributed by atoms with Gasteiger partial charge in [-0.25, -0.2) is 4.98 Å². The highest BCUT2D eigenvalue weighted by molar-refractivity contribution is 7.13. The van der Waals surface area contributed by atoms with Gasteiger partial charge in [0.15, 0.2) is 0 Å². The molecule has 0 saturated carbocycles. The van der Waals surface area contributed by atoms with E-state index in [1.54, 1.807) is 12.6 Å². The molecule has 0 aliphatic carbocycles. The number of piperidine rings is 1. The molecule has 0 unspecified atom stereocenters. The van der Waals surface area contributed by atoms with Gasteiger partial charge < -0.3 is 14.1 Å². The third-order valence-electron chi connectivity index (χ3n) is 5.11. The maximum Gasteiger partial charge on any atom is 0.259 e. The SMILES string of the molecule is COc1ccccc1CC(=O)N1CCC(c2nnc(-c3scnc3C)o2)CC1. The van der Waals surface area contributed by atoms with E-state index < -0.39 is 0 Å². The minimum atomic E-state index is 0.120. The standard InChI is InChI=1S/C20H22N4O3S/c1-13-18(28-12-21-13)20-23-22-19(27-20)14-7-9-24(10-8-14)17(25)11-15-5-3-4-6-16(15)26-2/h3-6,12,14H,7-11H2,1-2H3. The summed E-state index contributed by atoms with van der Waals surface area (Å²) in [6.07, 6.45) is 1.99. The van der Waals surface area contributed by atoms with Crippen LogP contribution in [0.15, 0.2) is 34.2 Å². The van der Waals surface area contributed by atoms with Gasteiger partial charge in [0.05, 0.1) is 24.7 Å². The second-order valence-electron chi connectivity index (χ2n) is 6.86. The minimum absolute atomic E-state index is 0.120. The van der Waals surface area contributed by atoms with Crippen molar-refractivity contribution < 1.29 is 13.9 Å². The van der Waals surface area contributed by atoms with Gasteiger partial charge in [0.25, 0.3) is 5.89 Å². The Balaban J connectivity index is 1.36. The minimum Gasteiger partial charge on any atom is -0.496 e. The maximum absolute atomic E-state index is 12.7. The Morgan fingerprint density at radius 1 is 1.29 bits per heavy atom. The van der Waals surface area contributed by atoms with Gasteiger partial charge in [-0.1, -0.05) is 18.2 Å². The van der Waals surface area contributed by atoms with E-state index in [1.165, 1.54) is 11.3 Å². The lowest BCUT2D eigenvalue weighted by Crippen LogP contribution is -2.38. The Hall–Kier alpha value is -2.74. The van der Waals surface area contributed by atoms with Crippen LogP contribution in [0.3, 0.4) is 0 Å². The molecule has 0 atom stereocenters. The molecule has 3 aromatic rings. The molecule has 4 rings (SSSR count). The zero-order valence-corrected chi connectivity index (χ0v) is 16.7. The first kappa shape index (κ1) is 18.6. The van der Waals surface area contributed by atoms with Crippen molar-refractivity contribution >= 4 is 17.2 Å².